The van der Waals surface area contributed by atoms with Crippen LogP contribution in [0.5, 0.6) is 11.5 Å². The van der Waals surface area contributed by atoms with Crippen molar-refractivity contribution in [3.05, 3.63) is 125 Å². The van der Waals surface area contributed by atoms with E-state index in [1.807, 2.05) is 71.6 Å². The van der Waals surface area contributed by atoms with Crippen LogP contribution in [0.25, 0.3) is 6.08 Å². The molecule has 3 heterocycles. The minimum Gasteiger partial charge on any atom is -0.497 e. The standard InChI is InChI=1S/C35H28N2O5/c1-41-23-17-18-28(42-2)24(20-23)33(39)30-31(32(38)22-11-4-3-5-12-22)37-27-15-9-6-10-21(27)16-19-29(37)35(30)25-13-7-8-14-26(25)36-34(35)40/h3-20,29-31H,1-2H3,(H,36,40)/t29-,30+,31-,35+/m1/s1. The van der Waals surface area contributed by atoms with Crippen molar-refractivity contribution in [1.29, 1.82) is 0 Å². The molecule has 0 aromatic heterocycles. The molecule has 0 radical (unpaired) electrons. The maximum absolute atomic E-state index is 15.1. The number of hydrogen-bond donors (Lipinski definition) is 1. The molecule has 0 saturated carbocycles. The fourth-order valence-electron chi connectivity index (χ4n) is 7.07. The van der Waals surface area contributed by atoms with Gasteiger partial charge in [0.05, 0.1) is 31.7 Å². The Morgan fingerprint density at radius 3 is 2.36 bits per heavy atom. The Balaban J connectivity index is 1.55. The van der Waals surface area contributed by atoms with E-state index in [-0.39, 0.29) is 23.0 Å². The van der Waals surface area contributed by atoms with E-state index in [0.717, 1.165) is 11.3 Å². The number of ether oxygens (including phenoxy) is 2. The van der Waals surface area contributed by atoms with Crippen LogP contribution in [0.2, 0.25) is 0 Å². The van der Waals surface area contributed by atoms with Gasteiger partial charge in [0.15, 0.2) is 11.6 Å². The maximum atomic E-state index is 15.1. The second-order valence-corrected chi connectivity index (χ2v) is 10.7. The average molecular weight is 557 g/mol. The summed E-state index contributed by atoms with van der Waals surface area (Å²) >= 11 is 0. The van der Waals surface area contributed by atoms with Gasteiger partial charge in [-0.3, -0.25) is 14.4 Å². The summed E-state index contributed by atoms with van der Waals surface area (Å²) in [6.07, 6.45) is 3.95. The zero-order valence-corrected chi connectivity index (χ0v) is 23.1. The second-order valence-electron chi connectivity index (χ2n) is 10.7. The fraction of sp³-hybridized carbons (Fsp3) is 0.171. The Labute approximate surface area is 243 Å². The van der Waals surface area contributed by atoms with Crippen LogP contribution in [0.4, 0.5) is 11.4 Å². The van der Waals surface area contributed by atoms with Crippen LogP contribution < -0.4 is 19.7 Å². The minimum absolute atomic E-state index is 0.236. The molecule has 7 rings (SSSR count). The van der Waals surface area contributed by atoms with Crippen LogP contribution in [0, 0.1) is 5.92 Å². The molecular formula is C35H28N2O5. The number of methoxy groups -OCH3 is 2. The number of anilines is 2. The fourth-order valence-corrected chi connectivity index (χ4v) is 7.07. The molecule has 4 atom stereocenters. The average Bonchev–Trinajstić information content (AvgIpc) is 3.52. The number of para-hydroxylation sites is 2. The highest BCUT2D eigenvalue weighted by Gasteiger charge is 2.70. The van der Waals surface area contributed by atoms with Crippen molar-refractivity contribution in [3.63, 3.8) is 0 Å². The summed E-state index contributed by atoms with van der Waals surface area (Å²) in [5, 5.41) is 3.05. The second kappa shape index (κ2) is 9.73. The van der Waals surface area contributed by atoms with Crippen molar-refractivity contribution < 1.29 is 23.9 Å². The normalized spacial score (nSPS) is 23.1. The van der Waals surface area contributed by atoms with Crippen LogP contribution in [-0.2, 0) is 10.2 Å². The number of nitrogens with zero attached hydrogens (tertiary/aromatic N) is 1. The van der Waals surface area contributed by atoms with Gasteiger partial charge in [0.2, 0.25) is 5.91 Å². The summed E-state index contributed by atoms with van der Waals surface area (Å²) < 4.78 is 11.1. The van der Waals surface area contributed by atoms with Crippen LogP contribution in [-0.4, -0.2) is 43.8 Å². The number of rotatable bonds is 6. The first-order valence-electron chi connectivity index (χ1n) is 13.8. The summed E-state index contributed by atoms with van der Waals surface area (Å²) in [5.41, 5.74) is 2.35. The number of nitrogens with one attached hydrogen (secondary N) is 1. The Hall–Kier alpha value is -5.17. The molecule has 4 aromatic rings. The lowest BCUT2D eigenvalue weighted by atomic mass is 9.64. The Morgan fingerprint density at radius 2 is 1.57 bits per heavy atom. The summed E-state index contributed by atoms with van der Waals surface area (Å²) in [5.74, 6) is -1.21. The number of benzene rings is 4. The highest BCUT2D eigenvalue weighted by atomic mass is 16.5. The zero-order chi connectivity index (χ0) is 29.0. The molecule has 3 aliphatic heterocycles. The quantitative estimate of drug-likeness (QED) is 0.313. The smallest absolute Gasteiger partial charge is 0.238 e. The topological polar surface area (TPSA) is 84.9 Å². The van der Waals surface area contributed by atoms with Gasteiger partial charge in [0, 0.05) is 16.9 Å². The van der Waals surface area contributed by atoms with E-state index in [2.05, 4.69) is 5.32 Å². The van der Waals surface area contributed by atoms with E-state index in [9.17, 15) is 9.59 Å². The van der Waals surface area contributed by atoms with Gasteiger partial charge in [0.1, 0.15) is 23.0 Å². The SMILES string of the molecule is COc1ccc(OC)c(C(=O)[C@@H]2[C@H](C(=O)c3ccccc3)N3c4ccccc4C=C[C@@H]3[C@]23C(=O)Nc2ccccc23)c1. The Kier molecular flexibility index (Phi) is 5.97. The number of amides is 1. The number of carbonyl (C=O) groups excluding carboxylic acids is 3. The van der Waals surface area contributed by atoms with Gasteiger partial charge in [-0.15, -0.1) is 0 Å². The number of hydrogen-bond acceptors (Lipinski definition) is 6. The van der Waals surface area contributed by atoms with Gasteiger partial charge in [-0.2, -0.15) is 0 Å². The summed E-state index contributed by atoms with van der Waals surface area (Å²) in [6, 6.07) is 27.6. The molecule has 208 valence electrons. The molecule has 0 unspecified atom stereocenters. The summed E-state index contributed by atoms with van der Waals surface area (Å²) in [6.45, 7) is 0. The van der Waals surface area contributed by atoms with Crippen LogP contribution in [0.3, 0.4) is 0 Å². The summed E-state index contributed by atoms with van der Waals surface area (Å²) in [4.78, 5) is 46.2. The predicted molar refractivity (Wildman–Crippen MR) is 160 cm³/mol. The maximum Gasteiger partial charge on any atom is 0.238 e. The van der Waals surface area contributed by atoms with E-state index < -0.39 is 23.4 Å². The first-order valence-corrected chi connectivity index (χ1v) is 13.8. The van der Waals surface area contributed by atoms with E-state index in [1.54, 1.807) is 42.5 Å². The van der Waals surface area contributed by atoms with Gasteiger partial charge in [-0.1, -0.05) is 78.9 Å². The Bertz CT molecular complexity index is 1780. The van der Waals surface area contributed by atoms with E-state index >= 15 is 4.79 Å². The molecule has 7 nitrogen and oxygen atoms in total. The van der Waals surface area contributed by atoms with E-state index in [0.29, 0.717) is 28.3 Å². The lowest BCUT2D eigenvalue weighted by Crippen LogP contribution is -2.51. The third-order valence-electron chi connectivity index (χ3n) is 8.82. The minimum atomic E-state index is -1.40. The van der Waals surface area contributed by atoms with Gasteiger partial charge in [-0.05, 0) is 41.5 Å². The lowest BCUT2D eigenvalue weighted by Gasteiger charge is -2.37. The van der Waals surface area contributed by atoms with Gasteiger partial charge in [-0.25, -0.2) is 0 Å². The molecule has 0 aliphatic carbocycles. The molecule has 0 bridgehead atoms. The van der Waals surface area contributed by atoms with Crippen LogP contribution >= 0.6 is 0 Å². The molecular weight excluding hydrogens is 528 g/mol. The van der Waals surface area contributed by atoms with E-state index in [4.69, 9.17) is 9.47 Å². The molecule has 1 fully saturated rings. The van der Waals surface area contributed by atoms with Gasteiger partial charge in [0.25, 0.3) is 0 Å². The van der Waals surface area contributed by atoms with Crippen molar-refractivity contribution >= 4 is 34.9 Å². The third-order valence-corrected chi connectivity index (χ3v) is 8.82. The molecule has 4 aromatic carbocycles. The van der Waals surface area contributed by atoms with Crippen molar-refractivity contribution in [2.75, 3.05) is 24.4 Å². The zero-order valence-electron chi connectivity index (χ0n) is 23.1. The van der Waals surface area contributed by atoms with Crippen molar-refractivity contribution in [2.45, 2.75) is 17.5 Å². The number of ketones is 2. The Morgan fingerprint density at radius 1 is 0.833 bits per heavy atom. The van der Waals surface area contributed by atoms with Crippen molar-refractivity contribution in [1.82, 2.24) is 0 Å². The van der Waals surface area contributed by atoms with Crippen molar-refractivity contribution in [3.8, 4) is 11.5 Å². The van der Waals surface area contributed by atoms with Crippen molar-refractivity contribution in [2.24, 2.45) is 5.92 Å². The molecule has 7 heteroatoms. The molecule has 42 heavy (non-hydrogen) atoms. The first-order chi connectivity index (χ1) is 20.5. The highest BCUT2D eigenvalue weighted by molar-refractivity contribution is 6.19. The third kappa shape index (κ3) is 3.49. The highest BCUT2D eigenvalue weighted by Crippen LogP contribution is 2.58. The number of carbonyl (C=O) groups is 3. The van der Waals surface area contributed by atoms with Gasteiger partial charge >= 0.3 is 0 Å². The molecule has 3 aliphatic rings. The van der Waals surface area contributed by atoms with Gasteiger partial charge < -0.3 is 19.7 Å². The van der Waals surface area contributed by atoms with E-state index in [1.165, 1.54) is 14.2 Å². The predicted octanol–water partition coefficient (Wildman–Crippen LogP) is 5.56. The monoisotopic (exact) mass is 556 g/mol. The number of Topliss-reactive ketones (excluding diaryl/α,β-unsaturated/α-hetero) is 2. The molecule has 1 N–H and O–H groups in total. The lowest BCUT2D eigenvalue weighted by molar-refractivity contribution is -0.121. The molecule has 1 spiro atoms. The number of fused-ring (bicyclic) bond motifs is 6. The molecule has 1 saturated heterocycles. The first kappa shape index (κ1) is 25.8. The van der Waals surface area contributed by atoms with Crippen LogP contribution in [0.15, 0.2) is 103 Å². The summed E-state index contributed by atoms with van der Waals surface area (Å²) in [7, 11) is 3.02. The molecule has 1 amide bonds. The van der Waals surface area contributed by atoms with Crippen LogP contribution in [0.1, 0.15) is 31.8 Å². The largest absolute Gasteiger partial charge is 0.497 e.